The lowest BCUT2D eigenvalue weighted by molar-refractivity contribution is -0.131. The van der Waals surface area contributed by atoms with Gasteiger partial charge in [0.1, 0.15) is 0 Å². The highest BCUT2D eigenvalue weighted by molar-refractivity contribution is 6.10. The van der Waals surface area contributed by atoms with Crippen LogP contribution in [-0.2, 0) is 16.1 Å². The number of carbonyl (C=O) groups is 2. The van der Waals surface area contributed by atoms with Gasteiger partial charge in [0.2, 0.25) is 11.8 Å². The molecule has 2 aromatic carbocycles. The van der Waals surface area contributed by atoms with Crippen molar-refractivity contribution < 1.29 is 9.59 Å². The van der Waals surface area contributed by atoms with Crippen molar-refractivity contribution in [2.45, 2.75) is 45.7 Å². The number of likely N-dealkylation sites (tertiary alicyclic amines) is 1. The molecule has 186 valence electrons. The predicted octanol–water partition coefficient (Wildman–Crippen LogP) is 3.77. The topological polar surface area (TPSA) is 60.8 Å². The molecule has 2 amide bonds. The van der Waals surface area contributed by atoms with Crippen molar-refractivity contribution in [3.05, 3.63) is 42.5 Å². The number of hydrogen-bond donors (Lipinski definition) is 1. The fraction of sp³-hybridized carbons (Fsp3) is 0.500. The van der Waals surface area contributed by atoms with Gasteiger partial charge in [0.15, 0.2) is 0 Å². The van der Waals surface area contributed by atoms with Gasteiger partial charge in [0.25, 0.3) is 0 Å². The number of aryl methyl sites for hydroxylation is 1. The number of nitrogens with zero attached hydrogens (tertiary/aromatic N) is 4. The number of nitrogens with one attached hydrogen (secondary N) is 1. The summed E-state index contributed by atoms with van der Waals surface area (Å²) in [5.74, 6) is 0.270. The number of para-hydroxylation sites is 1. The smallest absolute Gasteiger partial charge is 0.241 e. The van der Waals surface area contributed by atoms with E-state index in [1.165, 1.54) is 21.8 Å². The van der Waals surface area contributed by atoms with Crippen molar-refractivity contribution >= 4 is 39.3 Å². The van der Waals surface area contributed by atoms with Crippen molar-refractivity contribution in [3.8, 4) is 0 Å². The van der Waals surface area contributed by atoms with E-state index in [4.69, 9.17) is 0 Å². The average molecular weight is 476 g/mol. The first-order valence-electron chi connectivity index (χ1n) is 13.1. The van der Waals surface area contributed by atoms with Crippen LogP contribution in [-0.4, -0.2) is 82.9 Å². The lowest BCUT2D eigenvalue weighted by Crippen LogP contribution is -2.44. The minimum atomic E-state index is -0.225. The largest absolute Gasteiger partial charge is 0.342 e. The number of benzene rings is 2. The van der Waals surface area contributed by atoms with Crippen molar-refractivity contribution in [1.82, 2.24) is 19.3 Å². The molecule has 2 aliphatic rings. The molecule has 3 heterocycles. The van der Waals surface area contributed by atoms with E-state index in [-0.39, 0.29) is 17.9 Å². The maximum absolute atomic E-state index is 13.2. The third-order valence-corrected chi connectivity index (χ3v) is 7.72. The molecule has 2 saturated heterocycles. The highest BCUT2D eigenvalue weighted by Crippen LogP contribution is 2.31. The van der Waals surface area contributed by atoms with E-state index >= 15 is 0 Å². The first-order valence-corrected chi connectivity index (χ1v) is 13.1. The molecule has 2 aliphatic heterocycles. The molecule has 0 saturated carbocycles. The molecule has 1 atom stereocenters. The number of fused-ring (bicyclic) bond motifs is 3. The summed E-state index contributed by atoms with van der Waals surface area (Å²) >= 11 is 0. The molecule has 0 unspecified atom stereocenters. The predicted molar refractivity (Wildman–Crippen MR) is 142 cm³/mol. The van der Waals surface area contributed by atoms with Crippen LogP contribution < -0.4 is 5.32 Å². The summed E-state index contributed by atoms with van der Waals surface area (Å²) in [5, 5.41) is 5.54. The summed E-state index contributed by atoms with van der Waals surface area (Å²) in [6.07, 6.45) is 3.22. The maximum Gasteiger partial charge on any atom is 0.241 e. The Hall–Kier alpha value is -2.90. The minimum Gasteiger partial charge on any atom is -0.342 e. The highest BCUT2D eigenvalue weighted by atomic mass is 16.2. The summed E-state index contributed by atoms with van der Waals surface area (Å²) in [7, 11) is 0. The molecule has 7 heteroatoms. The van der Waals surface area contributed by atoms with Gasteiger partial charge in [-0.05, 0) is 63.9 Å². The second-order valence-corrected chi connectivity index (χ2v) is 9.91. The standard InChI is InChI=1S/C28H37N5O2/c1-3-33-25-10-5-4-9-23(25)24-19-22(11-12-26(24)33)29-28(35)21(2)31-16-8-13-30(17-18-31)20-27(34)32-14-6-7-15-32/h4-5,9-12,19,21H,3,6-8,13-18,20H2,1-2H3,(H,29,35)/t21-/m0/s1. The second kappa shape index (κ2) is 10.4. The van der Waals surface area contributed by atoms with E-state index in [2.05, 4.69) is 63.0 Å². The van der Waals surface area contributed by atoms with Gasteiger partial charge in [0, 0.05) is 66.8 Å². The first-order chi connectivity index (χ1) is 17.0. The van der Waals surface area contributed by atoms with Crippen LogP contribution in [0.2, 0.25) is 0 Å². The fourth-order valence-electron chi connectivity index (χ4n) is 5.68. The Labute approximate surface area is 207 Å². The van der Waals surface area contributed by atoms with E-state index in [1.54, 1.807) is 0 Å². The second-order valence-electron chi connectivity index (χ2n) is 9.91. The van der Waals surface area contributed by atoms with E-state index in [1.807, 2.05) is 17.9 Å². The molecule has 0 spiro atoms. The monoisotopic (exact) mass is 475 g/mol. The quantitative estimate of drug-likeness (QED) is 0.590. The maximum atomic E-state index is 13.2. The normalized spacial score (nSPS) is 18.7. The van der Waals surface area contributed by atoms with Crippen molar-refractivity contribution in [2.75, 3.05) is 51.1 Å². The summed E-state index contributed by atoms with van der Waals surface area (Å²) in [4.78, 5) is 32.2. The van der Waals surface area contributed by atoms with Gasteiger partial charge in [-0.3, -0.25) is 19.4 Å². The number of aromatic nitrogens is 1. The van der Waals surface area contributed by atoms with Crippen LogP contribution in [0.5, 0.6) is 0 Å². The molecular formula is C28H37N5O2. The number of carbonyl (C=O) groups excluding carboxylic acids is 2. The van der Waals surface area contributed by atoms with Crippen LogP contribution in [0.1, 0.15) is 33.1 Å². The lowest BCUT2D eigenvalue weighted by atomic mass is 10.1. The average Bonchev–Trinajstić information content (AvgIpc) is 3.45. The van der Waals surface area contributed by atoms with Crippen LogP contribution in [0.4, 0.5) is 5.69 Å². The van der Waals surface area contributed by atoms with Gasteiger partial charge in [0.05, 0.1) is 12.6 Å². The summed E-state index contributed by atoms with van der Waals surface area (Å²) in [5.41, 5.74) is 3.25. The van der Waals surface area contributed by atoms with Crippen LogP contribution in [0.25, 0.3) is 21.8 Å². The third kappa shape index (κ3) is 4.93. The zero-order chi connectivity index (χ0) is 24.4. The first kappa shape index (κ1) is 23.8. The van der Waals surface area contributed by atoms with Gasteiger partial charge in [-0.25, -0.2) is 0 Å². The molecule has 5 rings (SSSR count). The Morgan fingerprint density at radius 3 is 2.46 bits per heavy atom. The minimum absolute atomic E-state index is 0.0187. The fourth-order valence-corrected chi connectivity index (χ4v) is 5.68. The van der Waals surface area contributed by atoms with Crippen LogP contribution in [0, 0.1) is 0 Å². The number of hydrogen-bond acceptors (Lipinski definition) is 4. The molecule has 0 bridgehead atoms. The Bertz CT molecular complexity index is 1210. The van der Waals surface area contributed by atoms with Crippen LogP contribution >= 0.6 is 0 Å². The van der Waals surface area contributed by atoms with Gasteiger partial charge in [-0.2, -0.15) is 0 Å². The van der Waals surface area contributed by atoms with Gasteiger partial charge in [-0.15, -0.1) is 0 Å². The Kier molecular flexibility index (Phi) is 7.07. The third-order valence-electron chi connectivity index (χ3n) is 7.72. The SMILES string of the molecule is CCn1c2ccccc2c2cc(NC(=O)[C@H](C)N3CCCN(CC(=O)N4CCCC4)CC3)ccc21. The van der Waals surface area contributed by atoms with Gasteiger partial charge in [-0.1, -0.05) is 18.2 Å². The Morgan fingerprint density at radius 2 is 1.66 bits per heavy atom. The summed E-state index contributed by atoms with van der Waals surface area (Å²) in [6.45, 7) is 10.7. The summed E-state index contributed by atoms with van der Waals surface area (Å²) < 4.78 is 2.32. The summed E-state index contributed by atoms with van der Waals surface area (Å²) in [6, 6.07) is 14.4. The Morgan fingerprint density at radius 1 is 0.886 bits per heavy atom. The van der Waals surface area contributed by atoms with E-state index in [0.29, 0.717) is 6.54 Å². The Balaban J connectivity index is 1.22. The van der Waals surface area contributed by atoms with Crippen molar-refractivity contribution in [2.24, 2.45) is 0 Å². The van der Waals surface area contributed by atoms with Gasteiger partial charge >= 0.3 is 0 Å². The van der Waals surface area contributed by atoms with Crippen molar-refractivity contribution in [1.29, 1.82) is 0 Å². The van der Waals surface area contributed by atoms with Gasteiger partial charge < -0.3 is 14.8 Å². The van der Waals surface area contributed by atoms with Crippen molar-refractivity contribution in [3.63, 3.8) is 0 Å². The van der Waals surface area contributed by atoms with Crippen LogP contribution in [0.3, 0.4) is 0 Å². The molecule has 35 heavy (non-hydrogen) atoms. The molecule has 1 aromatic heterocycles. The van der Waals surface area contributed by atoms with E-state index in [0.717, 1.165) is 70.8 Å². The van der Waals surface area contributed by atoms with Crippen LogP contribution in [0.15, 0.2) is 42.5 Å². The lowest BCUT2D eigenvalue weighted by Gasteiger charge is -2.27. The molecule has 0 aliphatic carbocycles. The molecule has 0 radical (unpaired) electrons. The molecule has 2 fully saturated rings. The number of anilines is 1. The zero-order valence-corrected chi connectivity index (χ0v) is 21.0. The molecular weight excluding hydrogens is 438 g/mol. The highest BCUT2D eigenvalue weighted by Gasteiger charge is 2.26. The van der Waals surface area contributed by atoms with E-state index < -0.39 is 0 Å². The number of rotatable bonds is 6. The zero-order valence-electron chi connectivity index (χ0n) is 21.0. The molecule has 7 nitrogen and oxygen atoms in total. The molecule has 3 aromatic rings. The van der Waals surface area contributed by atoms with E-state index in [9.17, 15) is 9.59 Å². The molecule has 1 N–H and O–H groups in total. The number of amides is 2.